The van der Waals surface area contributed by atoms with Gasteiger partial charge in [0.15, 0.2) is 0 Å². The highest BCUT2D eigenvalue weighted by Crippen LogP contribution is 2.30. The molecule has 0 unspecified atom stereocenters. The van der Waals surface area contributed by atoms with Gasteiger partial charge in [0, 0.05) is 11.3 Å². The van der Waals surface area contributed by atoms with E-state index in [1.54, 1.807) is 11.3 Å². The Morgan fingerprint density at radius 1 is 1.21 bits per heavy atom. The second-order valence-corrected chi connectivity index (χ2v) is 5.09. The number of aromatic nitrogens is 2. The molecule has 0 fully saturated rings. The maximum atomic E-state index is 5.66. The zero-order valence-electron chi connectivity index (χ0n) is 10.5. The van der Waals surface area contributed by atoms with Crippen LogP contribution in [0.4, 0.5) is 5.69 Å². The van der Waals surface area contributed by atoms with Crippen LogP contribution < -0.4 is 5.73 Å². The summed E-state index contributed by atoms with van der Waals surface area (Å²) in [7, 11) is 0. The van der Waals surface area contributed by atoms with E-state index in [4.69, 9.17) is 10.3 Å². The average molecular weight is 271 g/mol. The standard InChI is InChI=1S/C14H13N3OS/c1-2-9-7-8-19-12(9)14-16-13(17-18-14)10-3-5-11(15)6-4-10/h3-8H,2,15H2,1H3. The highest BCUT2D eigenvalue weighted by Gasteiger charge is 2.14. The molecular weight excluding hydrogens is 258 g/mol. The molecule has 19 heavy (non-hydrogen) atoms. The molecule has 0 aliphatic heterocycles. The summed E-state index contributed by atoms with van der Waals surface area (Å²) in [6.07, 6.45) is 0.957. The van der Waals surface area contributed by atoms with Gasteiger partial charge in [-0.25, -0.2) is 0 Å². The molecule has 0 bridgehead atoms. The molecular formula is C14H13N3OS. The van der Waals surface area contributed by atoms with Crippen molar-refractivity contribution in [2.45, 2.75) is 13.3 Å². The predicted molar refractivity (Wildman–Crippen MR) is 76.8 cm³/mol. The molecule has 0 spiro atoms. The maximum Gasteiger partial charge on any atom is 0.268 e. The summed E-state index contributed by atoms with van der Waals surface area (Å²) in [5.74, 6) is 1.17. The monoisotopic (exact) mass is 271 g/mol. The Hall–Kier alpha value is -2.14. The van der Waals surface area contributed by atoms with Gasteiger partial charge in [0.25, 0.3) is 5.89 Å². The van der Waals surface area contributed by atoms with Crippen molar-refractivity contribution in [3.8, 4) is 22.2 Å². The van der Waals surface area contributed by atoms with Crippen LogP contribution in [0.1, 0.15) is 12.5 Å². The van der Waals surface area contributed by atoms with Crippen LogP contribution in [0.25, 0.3) is 22.2 Å². The maximum absolute atomic E-state index is 5.66. The number of nitrogens with zero attached hydrogens (tertiary/aromatic N) is 2. The van der Waals surface area contributed by atoms with Gasteiger partial charge in [-0.15, -0.1) is 11.3 Å². The van der Waals surface area contributed by atoms with Crippen LogP contribution in [0, 0.1) is 0 Å². The summed E-state index contributed by atoms with van der Waals surface area (Å²) in [5.41, 5.74) is 8.52. The van der Waals surface area contributed by atoms with Crippen molar-refractivity contribution in [1.82, 2.24) is 10.1 Å². The summed E-state index contributed by atoms with van der Waals surface area (Å²) in [6, 6.07) is 9.52. The zero-order chi connectivity index (χ0) is 13.2. The Balaban J connectivity index is 1.97. The van der Waals surface area contributed by atoms with Gasteiger partial charge in [-0.1, -0.05) is 12.1 Å². The average Bonchev–Trinajstić information content (AvgIpc) is 3.07. The molecule has 0 aliphatic rings. The lowest BCUT2D eigenvalue weighted by atomic mass is 10.2. The van der Waals surface area contributed by atoms with Gasteiger partial charge in [-0.2, -0.15) is 4.98 Å². The minimum absolute atomic E-state index is 0.582. The third-order valence-electron chi connectivity index (χ3n) is 2.92. The first-order valence-corrected chi connectivity index (χ1v) is 6.92. The van der Waals surface area contributed by atoms with E-state index >= 15 is 0 Å². The molecule has 0 saturated carbocycles. The number of hydrogen-bond donors (Lipinski definition) is 1. The number of anilines is 1. The topological polar surface area (TPSA) is 64.9 Å². The quantitative estimate of drug-likeness (QED) is 0.739. The molecule has 0 atom stereocenters. The van der Waals surface area contributed by atoms with Gasteiger partial charge in [0.1, 0.15) is 0 Å². The van der Waals surface area contributed by atoms with Crippen molar-refractivity contribution in [2.24, 2.45) is 0 Å². The van der Waals surface area contributed by atoms with E-state index in [-0.39, 0.29) is 0 Å². The number of thiophene rings is 1. The number of hydrogen-bond acceptors (Lipinski definition) is 5. The SMILES string of the molecule is CCc1ccsc1-c1nc(-c2ccc(N)cc2)no1. The lowest BCUT2D eigenvalue weighted by molar-refractivity contribution is 0.433. The number of nitrogen functional groups attached to an aromatic ring is 1. The first kappa shape index (κ1) is 11.9. The lowest BCUT2D eigenvalue weighted by Gasteiger charge is -1.95. The highest BCUT2D eigenvalue weighted by atomic mass is 32.1. The molecule has 1 aromatic carbocycles. The van der Waals surface area contributed by atoms with Crippen LogP contribution in [0.5, 0.6) is 0 Å². The summed E-state index contributed by atoms with van der Waals surface area (Å²) in [5, 5.41) is 6.07. The zero-order valence-corrected chi connectivity index (χ0v) is 11.3. The first-order chi connectivity index (χ1) is 9.28. The molecule has 2 N–H and O–H groups in total. The van der Waals surface area contributed by atoms with Gasteiger partial charge >= 0.3 is 0 Å². The predicted octanol–water partition coefficient (Wildman–Crippen LogP) is 3.61. The summed E-state index contributed by atoms with van der Waals surface area (Å²) in [4.78, 5) is 5.51. The van der Waals surface area contributed by atoms with Crippen LogP contribution in [0.2, 0.25) is 0 Å². The Morgan fingerprint density at radius 2 is 2.00 bits per heavy atom. The van der Waals surface area contributed by atoms with Crippen LogP contribution >= 0.6 is 11.3 Å². The largest absolute Gasteiger partial charge is 0.399 e. The minimum atomic E-state index is 0.582. The molecule has 2 aromatic heterocycles. The fourth-order valence-corrected chi connectivity index (χ4v) is 2.78. The number of nitrogens with two attached hydrogens (primary N) is 1. The van der Waals surface area contributed by atoms with Crippen molar-refractivity contribution in [2.75, 3.05) is 5.73 Å². The Morgan fingerprint density at radius 3 is 2.74 bits per heavy atom. The minimum Gasteiger partial charge on any atom is -0.399 e. The van der Waals surface area contributed by atoms with Crippen LogP contribution in [-0.2, 0) is 6.42 Å². The smallest absolute Gasteiger partial charge is 0.268 e. The van der Waals surface area contributed by atoms with E-state index in [0.29, 0.717) is 11.7 Å². The molecule has 3 aromatic rings. The van der Waals surface area contributed by atoms with Crippen molar-refractivity contribution < 1.29 is 4.52 Å². The van der Waals surface area contributed by atoms with Crippen molar-refractivity contribution in [1.29, 1.82) is 0 Å². The fourth-order valence-electron chi connectivity index (χ4n) is 1.87. The van der Waals surface area contributed by atoms with Gasteiger partial charge in [0.2, 0.25) is 5.82 Å². The molecule has 4 nitrogen and oxygen atoms in total. The molecule has 0 saturated heterocycles. The van der Waals surface area contributed by atoms with E-state index in [2.05, 4.69) is 23.1 Å². The summed E-state index contributed by atoms with van der Waals surface area (Å²) in [6.45, 7) is 2.11. The second-order valence-electron chi connectivity index (χ2n) is 4.17. The Bertz CT molecular complexity index is 685. The summed E-state index contributed by atoms with van der Waals surface area (Å²) < 4.78 is 5.35. The van der Waals surface area contributed by atoms with E-state index in [1.165, 1.54) is 5.56 Å². The molecule has 0 aliphatic carbocycles. The molecule has 5 heteroatoms. The normalized spacial score (nSPS) is 10.8. The Kier molecular flexibility index (Phi) is 3.05. The van der Waals surface area contributed by atoms with E-state index in [0.717, 1.165) is 22.5 Å². The van der Waals surface area contributed by atoms with Crippen molar-refractivity contribution in [3.63, 3.8) is 0 Å². The van der Waals surface area contributed by atoms with E-state index < -0.39 is 0 Å². The molecule has 3 rings (SSSR count). The van der Waals surface area contributed by atoms with Crippen LogP contribution in [-0.4, -0.2) is 10.1 Å². The molecule has 0 amide bonds. The molecule has 2 heterocycles. The lowest BCUT2D eigenvalue weighted by Crippen LogP contribution is -1.85. The summed E-state index contributed by atoms with van der Waals surface area (Å²) >= 11 is 1.62. The van der Waals surface area contributed by atoms with E-state index in [9.17, 15) is 0 Å². The van der Waals surface area contributed by atoms with Gasteiger partial charge in [-0.3, -0.25) is 0 Å². The van der Waals surface area contributed by atoms with Crippen LogP contribution in [0.15, 0.2) is 40.2 Å². The first-order valence-electron chi connectivity index (χ1n) is 6.04. The van der Waals surface area contributed by atoms with Crippen molar-refractivity contribution in [3.05, 3.63) is 41.3 Å². The highest BCUT2D eigenvalue weighted by molar-refractivity contribution is 7.13. The number of benzene rings is 1. The van der Waals surface area contributed by atoms with Crippen molar-refractivity contribution >= 4 is 17.0 Å². The number of aryl methyl sites for hydroxylation is 1. The second kappa shape index (κ2) is 4.85. The van der Waals surface area contributed by atoms with Crippen LogP contribution in [0.3, 0.4) is 0 Å². The molecule has 96 valence electrons. The van der Waals surface area contributed by atoms with E-state index in [1.807, 2.05) is 29.6 Å². The number of rotatable bonds is 3. The van der Waals surface area contributed by atoms with Gasteiger partial charge < -0.3 is 10.3 Å². The third-order valence-corrected chi connectivity index (χ3v) is 3.86. The third kappa shape index (κ3) is 2.24. The molecule has 0 radical (unpaired) electrons. The van der Waals surface area contributed by atoms with Gasteiger partial charge in [0.05, 0.1) is 4.88 Å². The Labute approximate surface area is 114 Å². The fraction of sp³-hybridized carbons (Fsp3) is 0.143. The van der Waals surface area contributed by atoms with Gasteiger partial charge in [-0.05, 0) is 47.7 Å².